The summed E-state index contributed by atoms with van der Waals surface area (Å²) in [6.45, 7) is 1.74. The smallest absolute Gasteiger partial charge is 0.340 e. The average molecular weight is 197 g/mol. The van der Waals surface area contributed by atoms with Crippen LogP contribution in [-0.2, 0) is 4.74 Å². The zero-order chi connectivity index (χ0) is 10.7. The van der Waals surface area contributed by atoms with E-state index in [-0.39, 0.29) is 11.6 Å². The highest BCUT2D eigenvalue weighted by atomic mass is 19.1. The molecule has 0 saturated heterocycles. The lowest BCUT2D eigenvalue weighted by molar-refractivity contribution is 0.0595. The van der Waals surface area contributed by atoms with Crippen molar-refractivity contribution in [1.82, 2.24) is 0 Å². The summed E-state index contributed by atoms with van der Waals surface area (Å²) >= 11 is 0. The molecule has 0 aliphatic heterocycles. The topological polar surface area (TPSA) is 52.3 Å². The molecule has 0 fully saturated rings. The molecule has 1 aromatic carbocycles. The number of hydrogen-bond donors (Lipinski definition) is 1. The summed E-state index contributed by atoms with van der Waals surface area (Å²) < 4.78 is 17.7. The van der Waals surface area contributed by atoms with E-state index in [0.29, 0.717) is 5.56 Å². The van der Waals surface area contributed by atoms with Crippen molar-refractivity contribution in [1.29, 1.82) is 0 Å². The van der Waals surface area contributed by atoms with Crippen molar-refractivity contribution in [2.75, 3.05) is 7.11 Å². The van der Waals surface area contributed by atoms with Gasteiger partial charge in [0.15, 0.2) is 0 Å². The van der Waals surface area contributed by atoms with Crippen LogP contribution in [0.1, 0.15) is 28.9 Å². The first-order valence-electron chi connectivity index (χ1n) is 4.19. The first kappa shape index (κ1) is 10.7. The highest BCUT2D eigenvalue weighted by molar-refractivity contribution is 5.89. The first-order chi connectivity index (χ1) is 6.56. The fraction of sp³-hybridized carbons (Fsp3) is 0.300. The van der Waals surface area contributed by atoms with Crippen LogP contribution in [0.25, 0.3) is 0 Å². The fourth-order valence-electron chi connectivity index (χ4n) is 1.09. The van der Waals surface area contributed by atoms with E-state index in [1.807, 2.05) is 0 Å². The van der Waals surface area contributed by atoms with E-state index in [2.05, 4.69) is 4.74 Å². The second-order valence-electron chi connectivity index (χ2n) is 3.02. The predicted molar refractivity (Wildman–Crippen MR) is 50.3 cm³/mol. The third kappa shape index (κ3) is 2.09. The number of carbonyl (C=O) groups excluding carboxylic acids is 1. The molecule has 1 atom stereocenters. The molecule has 3 nitrogen and oxygen atoms in total. The third-order valence-electron chi connectivity index (χ3n) is 1.92. The van der Waals surface area contributed by atoms with Crippen molar-refractivity contribution in [2.45, 2.75) is 13.0 Å². The first-order valence-corrected chi connectivity index (χ1v) is 4.19. The van der Waals surface area contributed by atoms with Gasteiger partial charge in [0, 0.05) is 6.04 Å². The Balaban J connectivity index is 3.07. The number of nitrogens with two attached hydrogens (primary N) is 1. The minimum atomic E-state index is -0.682. The molecule has 1 aromatic rings. The lowest BCUT2D eigenvalue weighted by Gasteiger charge is -2.07. The summed E-state index contributed by atoms with van der Waals surface area (Å²) in [6, 6.07) is 3.98. The summed E-state index contributed by atoms with van der Waals surface area (Å²) in [5, 5.41) is 0. The normalized spacial score (nSPS) is 12.3. The van der Waals surface area contributed by atoms with Crippen molar-refractivity contribution < 1.29 is 13.9 Å². The van der Waals surface area contributed by atoms with Gasteiger partial charge >= 0.3 is 5.97 Å². The summed E-state index contributed by atoms with van der Waals surface area (Å²) in [5.74, 6) is -1.29. The molecule has 1 rings (SSSR count). The zero-order valence-corrected chi connectivity index (χ0v) is 8.08. The van der Waals surface area contributed by atoms with Crippen molar-refractivity contribution >= 4 is 5.97 Å². The Morgan fingerprint density at radius 2 is 2.21 bits per heavy atom. The summed E-state index contributed by atoms with van der Waals surface area (Å²) in [5.41, 5.74) is 6.13. The van der Waals surface area contributed by atoms with Crippen LogP contribution in [0.2, 0.25) is 0 Å². The molecule has 14 heavy (non-hydrogen) atoms. The SMILES string of the molecule is COC(=O)c1ccc([C@H](C)N)cc1F. The van der Waals surface area contributed by atoms with Gasteiger partial charge in [0.25, 0.3) is 0 Å². The number of benzene rings is 1. The van der Waals surface area contributed by atoms with Crippen molar-refractivity contribution in [3.63, 3.8) is 0 Å². The van der Waals surface area contributed by atoms with Gasteiger partial charge in [0.2, 0.25) is 0 Å². The van der Waals surface area contributed by atoms with E-state index in [9.17, 15) is 9.18 Å². The summed E-state index contributed by atoms with van der Waals surface area (Å²) in [7, 11) is 1.21. The van der Waals surface area contributed by atoms with Gasteiger partial charge in [-0.1, -0.05) is 6.07 Å². The molecule has 0 bridgehead atoms. The zero-order valence-electron chi connectivity index (χ0n) is 8.08. The highest BCUT2D eigenvalue weighted by Crippen LogP contribution is 2.15. The molecule has 0 unspecified atom stereocenters. The Kier molecular flexibility index (Phi) is 3.19. The van der Waals surface area contributed by atoms with Crippen molar-refractivity contribution in [2.24, 2.45) is 5.73 Å². The maximum absolute atomic E-state index is 13.3. The molecule has 0 heterocycles. The Hall–Kier alpha value is -1.42. The second kappa shape index (κ2) is 4.19. The number of hydrogen-bond acceptors (Lipinski definition) is 3. The van der Waals surface area contributed by atoms with Crippen LogP contribution < -0.4 is 5.73 Å². The predicted octanol–water partition coefficient (Wildman–Crippen LogP) is 1.63. The molecule has 2 N–H and O–H groups in total. The highest BCUT2D eigenvalue weighted by Gasteiger charge is 2.12. The number of rotatable bonds is 2. The Morgan fingerprint density at radius 1 is 1.57 bits per heavy atom. The number of carbonyl (C=O) groups is 1. The molecular formula is C10H12FNO2. The number of halogens is 1. The lowest BCUT2D eigenvalue weighted by atomic mass is 10.1. The van der Waals surface area contributed by atoms with Crippen LogP contribution in [0.3, 0.4) is 0 Å². The van der Waals surface area contributed by atoms with Crippen molar-refractivity contribution in [3.05, 3.63) is 35.1 Å². The Labute approximate surface area is 81.7 Å². The second-order valence-corrected chi connectivity index (χ2v) is 3.02. The minimum absolute atomic E-state index is 0.0723. The quantitative estimate of drug-likeness (QED) is 0.733. The van der Waals surface area contributed by atoms with E-state index in [1.165, 1.54) is 19.2 Å². The Bertz CT molecular complexity index is 350. The Morgan fingerprint density at radius 3 is 2.64 bits per heavy atom. The van der Waals surface area contributed by atoms with E-state index in [4.69, 9.17) is 5.73 Å². The van der Waals surface area contributed by atoms with E-state index in [0.717, 1.165) is 0 Å². The van der Waals surface area contributed by atoms with Crippen LogP contribution >= 0.6 is 0 Å². The van der Waals surface area contributed by atoms with Crippen molar-refractivity contribution in [3.8, 4) is 0 Å². The van der Waals surface area contributed by atoms with E-state index < -0.39 is 11.8 Å². The maximum atomic E-state index is 13.3. The third-order valence-corrected chi connectivity index (χ3v) is 1.92. The minimum Gasteiger partial charge on any atom is -0.465 e. The van der Waals surface area contributed by atoms with E-state index >= 15 is 0 Å². The number of methoxy groups -OCH3 is 1. The summed E-state index contributed by atoms with van der Waals surface area (Å²) in [6.07, 6.45) is 0. The molecule has 4 heteroatoms. The molecule has 0 aliphatic carbocycles. The average Bonchev–Trinajstić information content (AvgIpc) is 2.16. The lowest BCUT2D eigenvalue weighted by Crippen LogP contribution is -2.08. The molecule has 0 amide bonds. The monoisotopic (exact) mass is 197 g/mol. The van der Waals surface area contributed by atoms with Gasteiger partial charge < -0.3 is 10.5 Å². The van der Waals surface area contributed by atoms with Gasteiger partial charge in [0.05, 0.1) is 12.7 Å². The van der Waals surface area contributed by atoms with Crippen LogP contribution in [0.5, 0.6) is 0 Å². The van der Waals surface area contributed by atoms with Crippen LogP contribution in [0, 0.1) is 5.82 Å². The van der Waals surface area contributed by atoms with Gasteiger partial charge in [-0.05, 0) is 24.6 Å². The van der Waals surface area contributed by atoms with Gasteiger partial charge in [-0.2, -0.15) is 0 Å². The van der Waals surface area contributed by atoms with E-state index in [1.54, 1.807) is 13.0 Å². The van der Waals surface area contributed by atoms with Gasteiger partial charge in [0.1, 0.15) is 5.82 Å². The molecule has 0 radical (unpaired) electrons. The van der Waals surface area contributed by atoms with Gasteiger partial charge in [-0.15, -0.1) is 0 Å². The molecule has 0 spiro atoms. The molecular weight excluding hydrogens is 185 g/mol. The standard InChI is InChI=1S/C10H12FNO2/c1-6(12)7-3-4-8(9(11)5-7)10(13)14-2/h3-6H,12H2,1-2H3/t6-/m0/s1. The summed E-state index contributed by atoms with van der Waals surface area (Å²) in [4.78, 5) is 11.0. The fourth-order valence-corrected chi connectivity index (χ4v) is 1.09. The maximum Gasteiger partial charge on any atom is 0.340 e. The largest absolute Gasteiger partial charge is 0.465 e. The molecule has 0 aromatic heterocycles. The van der Waals surface area contributed by atoms with Crippen LogP contribution in [0.4, 0.5) is 4.39 Å². The van der Waals surface area contributed by atoms with Gasteiger partial charge in [-0.3, -0.25) is 0 Å². The molecule has 0 aliphatic rings. The molecule has 76 valence electrons. The van der Waals surface area contributed by atoms with Gasteiger partial charge in [-0.25, -0.2) is 9.18 Å². The number of ether oxygens (including phenoxy) is 1. The number of esters is 1. The molecule has 0 saturated carbocycles. The van der Waals surface area contributed by atoms with Crippen LogP contribution in [0.15, 0.2) is 18.2 Å². The van der Waals surface area contributed by atoms with Crippen LogP contribution in [-0.4, -0.2) is 13.1 Å².